The van der Waals surface area contributed by atoms with Crippen molar-refractivity contribution in [2.24, 2.45) is 5.92 Å². The van der Waals surface area contributed by atoms with Gasteiger partial charge in [-0.05, 0) is 26.7 Å². The van der Waals surface area contributed by atoms with E-state index < -0.39 is 24.8 Å². The number of rotatable bonds is 6. The molecule has 1 saturated carbocycles. The van der Waals surface area contributed by atoms with E-state index in [0.29, 0.717) is 0 Å². The highest BCUT2D eigenvalue weighted by atomic mass is 19.3. The second-order valence-corrected chi connectivity index (χ2v) is 4.24. The summed E-state index contributed by atoms with van der Waals surface area (Å²) in [5, 5.41) is 18.7. The van der Waals surface area contributed by atoms with Crippen LogP contribution in [0.2, 0.25) is 0 Å². The maximum Gasteiger partial charge on any atom is 0.347 e. The quantitative estimate of drug-likeness (QED) is 0.665. The lowest BCUT2D eigenvalue weighted by Crippen LogP contribution is -2.42. The van der Waals surface area contributed by atoms with Crippen molar-refractivity contribution in [1.29, 1.82) is 0 Å². The van der Waals surface area contributed by atoms with Crippen LogP contribution in [0.5, 0.6) is 0 Å². The molecule has 0 aromatic heterocycles. The minimum absolute atomic E-state index is 0.115. The number of alkyl halides is 2. The van der Waals surface area contributed by atoms with Gasteiger partial charge in [0.2, 0.25) is 0 Å². The molecule has 0 spiro atoms. The van der Waals surface area contributed by atoms with Crippen LogP contribution in [0.1, 0.15) is 26.7 Å². The van der Waals surface area contributed by atoms with Crippen molar-refractivity contribution in [3.8, 4) is 0 Å². The summed E-state index contributed by atoms with van der Waals surface area (Å²) in [6.07, 6.45) is -1.22. The molecule has 0 aromatic carbocycles. The van der Waals surface area contributed by atoms with Gasteiger partial charge in [0, 0.05) is 5.92 Å². The van der Waals surface area contributed by atoms with Gasteiger partial charge in [0.1, 0.15) is 5.60 Å². The number of aliphatic hydroxyl groups excluding tert-OH is 1. The Bertz CT molecular complexity index is 201. The van der Waals surface area contributed by atoms with Crippen molar-refractivity contribution in [2.45, 2.75) is 51.5 Å². The van der Waals surface area contributed by atoms with Crippen LogP contribution in [0.15, 0.2) is 0 Å². The molecule has 0 aliphatic heterocycles. The fourth-order valence-electron chi connectivity index (χ4n) is 1.02. The highest BCUT2D eigenvalue weighted by Gasteiger charge is 2.39. The van der Waals surface area contributed by atoms with E-state index >= 15 is 0 Å². The molecule has 0 heterocycles. The maximum atomic E-state index is 12.0. The van der Waals surface area contributed by atoms with Crippen LogP contribution in [0.25, 0.3) is 0 Å². The highest BCUT2D eigenvalue weighted by Crippen LogP contribution is 2.36. The molecule has 2 unspecified atom stereocenters. The average Bonchev–Trinajstić information content (AvgIpc) is 2.81. The van der Waals surface area contributed by atoms with E-state index in [1.807, 2.05) is 0 Å². The van der Waals surface area contributed by atoms with Crippen LogP contribution >= 0.6 is 0 Å². The van der Waals surface area contributed by atoms with Crippen molar-refractivity contribution >= 4 is 0 Å². The molecule has 2 N–H and O–H groups in total. The van der Waals surface area contributed by atoms with Crippen LogP contribution < -0.4 is 0 Å². The Labute approximate surface area is 86.8 Å². The third kappa shape index (κ3) is 4.38. The van der Waals surface area contributed by atoms with Gasteiger partial charge in [-0.3, -0.25) is 4.74 Å². The number of ether oxygens (including phenoxy) is 2. The van der Waals surface area contributed by atoms with E-state index in [0.717, 1.165) is 12.8 Å². The van der Waals surface area contributed by atoms with Gasteiger partial charge in [-0.1, -0.05) is 0 Å². The zero-order valence-corrected chi connectivity index (χ0v) is 8.69. The molecule has 1 fully saturated rings. The molecular formula is C9H16F2O4. The van der Waals surface area contributed by atoms with Gasteiger partial charge in [-0.15, -0.1) is 0 Å². The Hall–Kier alpha value is -0.300. The normalized spacial score (nSPS) is 21.8. The lowest BCUT2D eigenvalue weighted by atomic mass is 10.1. The molecule has 4 nitrogen and oxygen atoms in total. The largest absolute Gasteiger partial charge is 0.385 e. The average molecular weight is 226 g/mol. The predicted molar refractivity (Wildman–Crippen MR) is 47.0 cm³/mol. The van der Waals surface area contributed by atoms with Gasteiger partial charge in [0.15, 0.2) is 12.6 Å². The third-order valence-corrected chi connectivity index (χ3v) is 2.11. The summed E-state index contributed by atoms with van der Waals surface area (Å²) in [5.74, 6) is -0.115. The molecule has 0 saturated heterocycles. The Morgan fingerprint density at radius 1 is 1.27 bits per heavy atom. The molecule has 0 aromatic rings. The van der Waals surface area contributed by atoms with Crippen molar-refractivity contribution in [2.75, 3.05) is 0 Å². The lowest BCUT2D eigenvalue weighted by Gasteiger charge is -2.28. The summed E-state index contributed by atoms with van der Waals surface area (Å²) in [5.41, 5.74) is -1.50. The van der Waals surface area contributed by atoms with Gasteiger partial charge >= 0.3 is 6.61 Å². The summed E-state index contributed by atoms with van der Waals surface area (Å²) in [6.45, 7) is -0.293. The summed E-state index contributed by atoms with van der Waals surface area (Å²) in [4.78, 5) is 0. The molecule has 15 heavy (non-hydrogen) atoms. The molecule has 2 atom stereocenters. The number of aliphatic hydroxyl groups is 2. The number of halogens is 2. The molecule has 1 aliphatic rings. The van der Waals surface area contributed by atoms with E-state index in [-0.39, 0.29) is 5.92 Å². The molecule has 90 valence electrons. The van der Waals surface area contributed by atoms with Crippen LogP contribution in [0.4, 0.5) is 8.78 Å². The van der Waals surface area contributed by atoms with Crippen LogP contribution in [0, 0.1) is 5.92 Å². The summed E-state index contributed by atoms with van der Waals surface area (Å²) in [7, 11) is 0. The zero-order chi connectivity index (χ0) is 11.6. The second-order valence-electron chi connectivity index (χ2n) is 4.24. The van der Waals surface area contributed by atoms with E-state index in [9.17, 15) is 19.0 Å². The Morgan fingerprint density at radius 2 is 1.80 bits per heavy atom. The van der Waals surface area contributed by atoms with E-state index in [1.165, 1.54) is 13.8 Å². The maximum absolute atomic E-state index is 12.0. The predicted octanol–water partition coefficient (Wildman–Crippen LogP) is 1.07. The van der Waals surface area contributed by atoms with Gasteiger partial charge < -0.3 is 14.9 Å². The molecular weight excluding hydrogens is 210 g/mol. The zero-order valence-electron chi connectivity index (χ0n) is 8.69. The molecule has 1 aliphatic carbocycles. The van der Waals surface area contributed by atoms with Gasteiger partial charge in [0.25, 0.3) is 0 Å². The standard InChI is InChI=1S/C9H16F2O4/c1-9(2,13)7(12)14-6(5-3-4-5)15-8(10)11/h5-8,12-13H,3-4H2,1-2H3. The van der Waals surface area contributed by atoms with Crippen molar-refractivity contribution in [3.05, 3.63) is 0 Å². The van der Waals surface area contributed by atoms with Crippen molar-refractivity contribution < 1.29 is 28.5 Å². The first-order valence-corrected chi connectivity index (χ1v) is 4.80. The Kier molecular flexibility index (Phi) is 3.99. The first-order chi connectivity index (χ1) is 6.80. The van der Waals surface area contributed by atoms with Crippen LogP contribution in [-0.2, 0) is 9.47 Å². The summed E-state index contributed by atoms with van der Waals surface area (Å²) >= 11 is 0. The Morgan fingerprint density at radius 3 is 2.13 bits per heavy atom. The number of hydrogen-bond donors (Lipinski definition) is 2. The monoisotopic (exact) mass is 226 g/mol. The van der Waals surface area contributed by atoms with Crippen molar-refractivity contribution in [3.63, 3.8) is 0 Å². The van der Waals surface area contributed by atoms with E-state index in [4.69, 9.17) is 4.74 Å². The minimum Gasteiger partial charge on any atom is -0.385 e. The molecule has 0 radical (unpaired) electrons. The fourth-order valence-corrected chi connectivity index (χ4v) is 1.02. The molecule has 1 rings (SSSR count). The topological polar surface area (TPSA) is 58.9 Å². The number of hydrogen-bond acceptors (Lipinski definition) is 4. The van der Waals surface area contributed by atoms with Crippen LogP contribution in [-0.4, -0.2) is 35.0 Å². The molecule has 0 amide bonds. The molecule has 0 bridgehead atoms. The van der Waals surface area contributed by atoms with Crippen molar-refractivity contribution in [1.82, 2.24) is 0 Å². The van der Waals surface area contributed by atoms with E-state index in [2.05, 4.69) is 4.74 Å². The highest BCUT2D eigenvalue weighted by molar-refractivity contribution is 4.79. The third-order valence-electron chi connectivity index (χ3n) is 2.11. The first kappa shape index (κ1) is 12.8. The Balaban J connectivity index is 2.43. The second kappa shape index (κ2) is 4.69. The SMILES string of the molecule is CC(C)(O)C(O)OC(OC(F)F)C1CC1. The lowest BCUT2D eigenvalue weighted by molar-refractivity contribution is -0.320. The smallest absolute Gasteiger partial charge is 0.347 e. The minimum atomic E-state index is -2.94. The van der Waals surface area contributed by atoms with Gasteiger partial charge in [-0.2, -0.15) is 8.78 Å². The van der Waals surface area contributed by atoms with E-state index in [1.54, 1.807) is 0 Å². The van der Waals surface area contributed by atoms with Crippen LogP contribution in [0.3, 0.4) is 0 Å². The fraction of sp³-hybridized carbons (Fsp3) is 1.00. The summed E-state index contributed by atoms with van der Waals surface area (Å²) in [6, 6.07) is 0. The molecule has 6 heteroatoms. The van der Waals surface area contributed by atoms with Gasteiger partial charge in [-0.25, -0.2) is 0 Å². The van der Waals surface area contributed by atoms with Gasteiger partial charge in [0.05, 0.1) is 0 Å². The summed E-state index contributed by atoms with van der Waals surface area (Å²) < 4.78 is 33.0. The first-order valence-electron chi connectivity index (χ1n) is 4.80.